The molecule has 2 rings (SSSR count). The Morgan fingerprint density at radius 1 is 1.04 bits per heavy atom. The lowest BCUT2D eigenvalue weighted by atomic mass is 10.1. The van der Waals surface area contributed by atoms with E-state index in [1.165, 1.54) is 7.11 Å². The van der Waals surface area contributed by atoms with Crippen molar-refractivity contribution in [3.63, 3.8) is 0 Å². The lowest BCUT2D eigenvalue weighted by molar-refractivity contribution is -0.118. The first-order valence-electron chi connectivity index (χ1n) is 7.16. The maximum Gasteiger partial charge on any atom is 0.262 e. The number of rotatable bonds is 5. The third kappa shape index (κ3) is 4.45. The van der Waals surface area contributed by atoms with Crippen LogP contribution in [0.2, 0.25) is 20.1 Å². The van der Waals surface area contributed by atoms with Crippen LogP contribution in [0.25, 0.3) is 0 Å². The minimum atomic E-state index is -0.419. The molecular formula is C17H15Cl4NO3. The van der Waals surface area contributed by atoms with Crippen LogP contribution in [-0.4, -0.2) is 19.6 Å². The van der Waals surface area contributed by atoms with Crippen LogP contribution in [0.1, 0.15) is 11.1 Å². The van der Waals surface area contributed by atoms with Gasteiger partial charge in [-0.15, -0.1) is 0 Å². The Morgan fingerprint density at radius 3 is 2.20 bits per heavy atom. The lowest BCUT2D eigenvalue weighted by Crippen LogP contribution is -2.21. The Bertz CT molecular complexity index is 795. The molecule has 0 saturated carbocycles. The number of benzene rings is 2. The fourth-order valence-electron chi connectivity index (χ4n) is 2.14. The molecule has 2 aromatic rings. The van der Waals surface area contributed by atoms with Crippen molar-refractivity contribution in [3.05, 3.63) is 49.4 Å². The van der Waals surface area contributed by atoms with Gasteiger partial charge in [0.15, 0.2) is 12.4 Å². The van der Waals surface area contributed by atoms with E-state index in [0.29, 0.717) is 32.6 Å². The largest absolute Gasteiger partial charge is 0.495 e. The van der Waals surface area contributed by atoms with E-state index in [9.17, 15) is 4.79 Å². The first-order chi connectivity index (χ1) is 11.8. The zero-order valence-corrected chi connectivity index (χ0v) is 16.7. The third-order valence-electron chi connectivity index (χ3n) is 3.50. The van der Waals surface area contributed by atoms with Gasteiger partial charge in [0, 0.05) is 10.0 Å². The van der Waals surface area contributed by atoms with Gasteiger partial charge in [0.1, 0.15) is 5.75 Å². The predicted octanol–water partition coefficient (Wildman–Crippen LogP) is 5.94. The summed E-state index contributed by atoms with van der Waals surface area (Å²) >= 11 is 24.5. The number of amides is 1. The second-order valence-corrected chi connectivity index (χ2v) is 6.77. The Kier molecular flexibility index (Phi) is 6.69. The summed E-state index contributed by atoms with van der Waals surface area (Å²) < 4.78 is 10.7. The second kappa shape index (κ2) is 8.37. The number of nitrogens with one attached hydrogen (secondary N) is 1. The van der Waals surface area contributed by atoms with E-state index in [0.717, 1.165) is 0 Å². The maximum atomic E-state index is 12.2. The van der Waals surface area contributed by atoms with Crippen molar-refractivity contribution in [2.24, 2.45) is 0 Å². The number of halogens is 4. The molecule has 134 valence electrons. The fourth-order valence-corrected chi connectivity index (χ4v) is 3.13. The van der Waals surface area contributed by atoms with Crippen LogP contribution in [0.5, 0.6) is 11.5 Å². The highest BCUT2D eigenvalue weighted by molar-refractivity contribution is 6.42. The van der Waals surface area contributed by atoms with Crippen molar-refractivity contribution in [3.8, 4) is 11.5 Å². The maximum absolute atomic E-state index is 12.2. The monoisotopic (exact) mass is 421 g/mol. The van der Waals surface area contributed by atoms with Crippen molar-refractivity contribution >= 4 is 58.0 Å². The number of carbonyl (C=O) groups is 1. The van der Waals surface area contributed by atoms with Gasteiger partial charge in [0.25, 0.3) is 5.91 Å². The van der Waals surface area contributed by atoms with Gasteiger partial charge in [0.2, 0.25) is 0 Å². The number of methoxy groups -OCH3 is 1. The van der Waals surface area contributed by atoms with Crippen LogP contribution in [0.15, 0.2) is 18.2 Å². The standard InChI is InChI=1S/C17H15Cl4NO3/c1-8-14(19)9(2)16(21)17(15(8)20)25-7-13(23)22-11-6-10(18)4-5-12(11)24-3/h4-6H,7H2,1-3H3,(H,22,23). The van der Waals surface area contributed by atoms with Gasteiger partial charge in [-0.2, -0.15) is 0 Å². The molecular weight excluding hydrogens is 408 g/mol. The molecule has 4 nitrogen and oxygen atoms in total. The summed E-state index contributed by atoms with van der Waals surface area (Å²) in [6.07, 6.45) is 0. The summed E-state index contributed by atoms with van der Waals surface area (Å²) in [6.45, 7) is 3.20. The smallest absolute Gasteiger partial charge is 0.262 e. The average molecular weight is 423 g/mol. The number of ether oxygens (including phenoxy) is 2. The molecule has 0 atom stereocenters. The molecule has 2 aromatic carbocycles. The van der Waals surface area contributed by atoms with Crippen molar-refractivity contribution in [1.29, 1.82) is 0 Å². The zero-order chi connectivity index (χ0) is 18.7. The lowest BCUT2D eigenvalue weighted by Gasteiger charge is -2.16. The van der Waals surface area contributed by atoms with Crippen LogP contribution in [0, 0.1) is 13.8 Å². The molecule has 0 radical (unpaired) electrons. The molecule has 0 fully saturated rings. The van der Waals surface area contributed by atoms with Gasteiger partial charge < -0.3 is 14.8 Å². The first kappa shape index (κ1) is 20.0. The van der Waals surface area contributed by atoms with Gasteiger partial charge in [-0.05, 0) is 43.2 Å². The number of hydrogen-bond donors (Lipinski definition) is 1. The van der Waals surface area contributed by atoms with Crippen LogP contribution in [0.4, 0.5) is 5.69 Å². The van der Waals surface area contributed by atoms with Crippen LogP contribution < -0.4 is 14.8 Å². The first-order valence-corrected chi connectivity index (χ1v) is 8.67. The van der Waals surface area contributed by atoms with E-state index < -0.39 is 5.91 Å². The minimum Gasteiger partial charge on any atom is -0.495 e. The topological polar surface area (TPSA) is 47.6 Å². The summed E-state index contributed by atoms with van der Waals surface area (Å²) in [7, 11) is 1.49. The highest BCUT2D eigenvalue weighted by Gasteiger charge is 2.19. The third-order valence-corrected chi connectivity index (χ3v) is 5.21. The van der Waals surface area contributed by atoms with Gasteiger partial charge in [0.05, 0.1) is 22.8 Å². The van der Waals surface area contributed by atoms with Gasteiger partial charge in [-0.25, -0.2) is 0 Å². The molecule has 0 bridgehead atoms. The highest BCUT2D eigenvalue weighted by atomic mass is 35.5. The average Bonchev–Trinajstić information content (AvgIpc) is 2.58. The molecule has 0 unspecified atom stereocenters. The van der Waals surface area contributed by atoms with Crippen molar-refractivity contribution < 1.29 is 14.3 Å². The number of anilines is 1. The molecule has 0 aliphatic heterocycles. The van der Waals surface area contributed by atoms with Gasteiger partial charge in [-0.1, -0.05) is 46.4 Å². The normalized spacial score (nSPS) is 10.5. The van der Waals surface area contributed by atoms with E-state index in [-0.39, 0.29) is 22.4 Å². The fraction of sp³-hybridized carbons (Fsp3) is 0.235. The Morgan fingerprint density at radius 2 is 1.64 bits per heavy atom. The Labute approximate surface area is 165 Å². The molecule has 8 heteroatoms. The van der Waals surface area contributed by atoms with Crippen LogP contribution in [0.3, 0.4) is 0 Å². The molecule has 0 saturated heterocycles. The summed E-state index contributed by atoms with van der Waals surface area (Å²) in [4.78, 5) is 12.2. The van der Waals surface area contributed by atoms with E-state index in [1.54, 1.807) is 32.0 Å². The Balaban J connectivity index is 2.15. The van der Waals surface area contributed by atoms with Crippen molar-refractivity contribution in [2.45, 2.75) is 13.8 Å². The van der Waals surface area contributed by atoms with E-state index >= 15 is 0 Å². The summed E-state index contributed by atoms with van der Waals surface area (Å²) in [6, 6.07) is 4.89. The summed E-state index contributed by atoms with van der Waals surface area (Å²) in [5.41, 5.74) is 1.71. The SMILES string of the molecule is COc1ccc(Cl)cc1NC(=O)COc1c(Cl)c(C)c(Cl)c(C)c1Cl. The predicted molar refractivity (Wildman–Crippen MR) is 103 cm³/mol. The molecule has 1 amide bonds. The van der Waals surface area contributed by atoms with E-state index in [2.05, 4.69) is 5.32 Å². The molecule has 0 aromatic heterocycles. The van der Waals surface area contributed by atoms with Crippen LogP contribution >= 0.6 is 46.4 Å². The highest BCUT2D eigenvalue weighted by Crippen LogP contribution is 2.42. The second-order valence-electron chi connectivity index (χ2n) is 5.20. The summed E-state index contributed by atoms with van der Waals surface area (Å²) in [5, 5.41) is 4.14. The molecule has 0 aliphatic carbocycles. The zero-order valence-electron chi connectivity index (χ0n) is 13.7. The molecule has 0 heterocycles. The quantitative estimate of drug-likeness (QED) is 0.648. The molecule has 25 heavy (non-hydrogen) atoms. The van der Waals surface area contributed by atoms with Crippen molar-refractivity contribution in [2.75, 3.05) is 19.0 Å². The Hall–Kier alpha value is -1.33. The molecule has 1 N–H and O–H groups in total. The van der Waals surface area contributed by atoms with E-state index in [1.807, 2.05) is 0 Å². The molecule has 0 aliphatic rings. The number of hydrogen-bond acceptors (Lipinski definition) is 3. The minimum absolute atomic E-state index is 0.218. The van der Waals surface area contributed by atoms with E-state index in [4.69, 9.17) is 55.9 Å². The van der Waals surface area contributed by atoms with Crippen LogP contribution in [-0.2, 0) is 4.79 Å². The number of carbonyl (C=O) groups excluding carboxylic acids is 1. The van der Waals surface area contributed by atoms with Crippen molar-refractivity contribution in [1.82, 2.24) is 0 Å². The summed E-state index contributed by atoms with van der Waals surface area (Å²) in [5.74, 6) is 0.279. The van der Waals surface area contributed by atoms with Gasteiger partial charge >= 0.3 is 0 Å². The molecule has 0 spiro atoms. The van der Waals surface area contributed by atoms with Gasteiger partial charge in [-0.3, -0.25) is 4.79 Å².